The third kappa shape index (κ3) is 5.16. The molecular formula is C25H32N4O4. The molecular weight excluding hydrogens is 420 g/mol. The van der Waals surface area contributed by atoms with E-state index >= 15 is 0 Å². The van der Waals surface area contributed by atoms with E-state index in [1.807, 2.05) is 41.3 Å². The molecule has 2 heterocycles. The Hall–Kier alpha value is -3.00. The second kappa shape index (κ2) is 10.3. The van der Waals surface area contributed by atoms with E-state index in [-0.39, 0.29) is 55.0 Å². The van der Waals surface area contributed by atoms with Crippen molar-refractivity contribution in [1.82, 2.24) is 14.7 Å². The van der Waals surface area contributed by atoms with E-state index in [2.05, 4.69) is 12.2 Å². The number of nitrogens with zero attached hydrogens (tertiary/aromatic N) is 3. The van der Waals surface area contributed by atoms with Crippen molar-refractivity contribution in [2.45, 2.75) is 32.6 Å². The van der Waals surface area contributed by atoms with Crippen molar-refractivity contribution in [1.29, 1.82) is 0 Å². The van der Waals surface area contributed by atoms with Crippen LogP contribution in [0, 0.1) is 11.8 Å². The van der Waals surface area contributed by atoms with E-state index in [1.165, 1.54) is 4.90 Å². The molecule has 2 aliphatic heterocycles. The summed E-state index contributed by atoms with van der Waals surface area (Å²) in [7, 11) is 0. The summed E-state index contributed by atoms with van der Waals surface area (Å²) in [5.41, 5.74) is 1.95. The molecule has 0 bridgehead atoms. The van der Waals surface area contributed by atoms with Gasteiger partial charge in [-0.2, -0.15) is 0 Å². The summed E-state index contributed by atoms with van der Waals surface area (Å²) < 4.78 is 0. The van der Waals surface area contributed by atoms with Gasteiger partial charge < -0.3 is 10.2 Å². The van der Waals surface area contributed by atoms with Gasteiger partial charge in [0.1, 0.15) is 0 Å². The Morgan fingerprint density at radius 1 is 0.970 bits per heavy atom. The number of likely N-dealkylation sites (tertiary alicyclic amines) is 1. The highest BCUT2D eigenvalue weighted by atomic mass is 16.2. The lowest BCUT2D eigenvalue weighted by atomic mass is 9.85. The predicted octanol–water partition coefficient (Wildman–Crippen LogP) is 1.67. The van der Waals surface area contributed by atoms with Gasteiger partial charge in [-0.15, -0.1) is 0 Å². The van der Waals surface area contributed by atoms with E-state index < -0.39 is 0 Å². The lowest BCUT2D eigenvalue weighted by Gasteiger charge is -2.34. The predicted molar refractivity (Wildman–Crippen MR) is 124 cm³/mol. The fourth-order valence-electron chi connectivity index (χ4n) is 4.95. The fraction of sp³-hybridized carbons (Fsp3) is 0.520. The summed E-state index contributed by atoms with van der Waals surface area (Å²) in [6.07, 6.45) is 6.15. The van der Waals surface area contributed by atoms with Gasteiger partial charge in [0.05, 0.1) is 18.4 Å². The Labute approximate surface area is 194 Å². The van der Waals surface area contributed by atoms with Gasteiger partial charge in [-0.05, 0) is 30.9 Å². The van der Waals surface area contributed by atoms with Crippen molar-refractivity contribution in [2.75, 3.05) is 44.6 Å². The summed E-state index contributed by atoms with van der Waals surface area (Å²) in [5, 5.41) is 2.99. The third-order valence-electron chi connectivity index (χ3n) is 6.91. The van der Waals surface area contributed by atoms with Crippen molar-refractivity contribution < 1.29 is 19.2 Å². The quantitative estimate of drug-likeness (QED) is 0.502. The standard InChI is InChI=1S/C25H32N4O4/c1-2-18-7-3-6-10-21(18)26-22(30)17-27-13-15-28(16-14-27)23(31)11-12-29-24(32)19-8-4-5-9-20(19)25(29)33/h3-7,10,19-20H,2,8-9,11-17H2,1H3,(H,26,30)/t19-,20-/m0/s1. The zero-order valence-electron chi connectivity index (χ0n) is 19.2. The molecule has 33 heavy (non-hydrogen) atoms. The molecule has 176 valence electrons. The number of fused-ring (bicyclic) bond motifs is 1. The van der Waals surface area contributed by atoms with Crippen LogP contribution < -0.4 is 5.32 Å². The van der Waals surface area contributed by atoms with Crippen molar-refractivity contribution in [3.05, 3.63) is 42.0 Å². The number of nitrogens with one attached hydrogen (secondary N) is 1. The number of benzene rings is 1. The average molecular weight is 453 g/mol. The van der Waals surface area contributed by atoms with E-state index in [0.717, 1.165) is 17.7 Å². The van der Waals surface area contributed by atoms with Gasteiger partial charge >= 0.3 is 0 Å². The van der Waals surface area contributed by atoms with Gasteiger partial charge in [0.2, 0.25) is 23.6 Å². The number of para-hydroxylation sites is 1. The smallest absolute Gasteiger partial charge is 0.238 e. The third-order valence-corrected chi connectivity index (χ3v) is 6.91. The largest absolute Gasteiger partial charge is 0.340 e. The number of aryl methyl sites for hydroxylation is 1. The first-order chi connectivity index (χ1) is 16.0. The molecule has 0 saturated carbocycles. The van der Waals surface area contributed by atoms with Crippen LogP contribution in [0.15, 0.2) is 36.4 Å². The minimum absolute atomic E-state index is 0.0513. The second-order valence-corrected chi connectivity index (χ2v) is 8.95. The van der Waals surface area contributed by atoms with Crippen molar-refractivity contribution in [3.63, 3.8) is 0 Å². The topological polar surface area (TPSA) is 90.0 Å². The first-order valence-corrected chi connectivity index (χ1v) is 11.9. The molecule has 8 nitrogen and oxygen atoms in total. The molecule has 1 aromatic carbocycles. The van der Waals surface area contributed by atoms with Crippen LogP contribution in [0.1, 0.15) is 31.7 Å². The highest BCUT2D eigenvalue weighted by molar-refractivity contribution is 6.05. The van der Waals surface area contributed by atoms with Crippen molar-refractivity contribution in [3.8, 4) is 0 Å². The Bertz CT molecular complexity index is 925. The van der Waals surface area contributed by atoms with Gasteiger partial charge in [0.15, 0.2) is 0 Å². The fourth-order valence-corrected chi connectivity index (χ4v) is 4.95. The number of carbonyl (C=O) groups excluding carboxylic acids is 4. The van der Waals surface area contributed by atoms with Crippen molar-refractivity contribution in [2.24, 2.45) is 11.8 Å². The number of allylic oxidation sites excluding steroid dienone is 2. The molecule has 8 heteroatoms. The van der Waals surface area contributed by atoms with Crippen LogP contribution in [0.3, 0.4) is 0 Å². The van der Waals surface area contributed by atoms with E-state index in [1.54, 1.807) is 4.90 Å². The van der Waals surface area contributed by atoms with Gasteiger partial charge in [-0.1, -0.05) is 37.3 Å². The summed E-state index contributed by atoms with van der Waals surface area (Å²) in [6.45, 7) is 4.80. The van der Waals surface area contributed by atoms with Gasteiger partial charge in [-0.25, -0.2) is 0 Å². The monoisotopic (exact) mass is 452 g/mol. The Morgan fingerprint density at radius 3 is 2.24 bits per heavy atom. The first kappa shape index (κ1) is 23.2. The van der Waals surface area contributed by atoms with Crippen molar-refractivity contribution >= 4 is 29.3 Å². The molecule has 4 amide bonds. The molecule has 3 aliphatic rings. The SMILES string of the molecule is CCc1ccccc1NC(=O)CN1CCN(C(=O)CCN2C(=O)[C@H]3CC=CC[C@@H]3C2=O)CC1. The van der Waals surface area contributed by atoms with Crippen LogP contribution in [-0.2, 0) is 25.6 Å². The highest BCUT2D eigenvalue weighted by Crippen LogP contribution is 2.35. The van der Waals surface area contributed by atoms with E-state index in [4.69, 9.17) is 0 Å². The number of rotatable bonds is 7. The zero-order valence-corrected chi connectivity index (χ0v) is 19.2. The maximum atomic E-state index is 12.7. The molecule has 1 N–H and O–H groups in total. The summed E-state index contributed by atoms with van der Waals surface area (Å²) in [6, 6.07) is 7.79. The number of amides is 4. The summed E-state index contributed by atoms with van der Waals surface area (Å²) in [4.78, 5) is 55.4. The zero-order chi connectivity index (χ0) is 23.4. The Balaban J connectivity index is 1.20. The first-order valence-electron chi connectivity index (χ1n) is 11.9. The summed E-state index contributed by atoms with van der Waals surface area (Å²) in [5.74, 6) is -0.888. The molecule has 2 fully saturated rings. The van der Waals surface area contributed by atoms with Gasteiger partial charge in [-0.3, -0.25) is 29.0 Å². The minimum atomic E-state index is -0.253. The van der Waals surface area contributed by atoms with E-state index in [0.29, 0.717) is 39.0 Å². The Morgan fingerprint density at radius 2 is 1.61 bits per heavy atom. The van der Waals surface area contributed by atoms with Crippen LogP contribution in [0.25, 0.3) is 0 Å². The maximum Gasteiger partial charge on any atom is 0.238 e. The van der Waals surface area contributed by atoms with Crippen LogP contribution in [0.2, 0.25) is 0 Å². The molecule has 2 saturated heterocycles. The molecule has 2 atom stereocenters. The molecule has 0 aromatic heterocycles. The lowest BCUT2D eigenvalue weighted by molar-refractivity contribution is -0.141. The summed E-state index contributed by atoms with van der Waals surface area (Å²) >= 11 is 0. The minimum Gasteiger partial charge on any atom is -0.340 e. The maximum absolute atomic E-state index is 12.7. The molecule has 1 aliphatic carbocycles. The van der Waals surface area contributed by atoms with Gasteiger partial charge in [0, 0.05) is 44.8 Å². The molecule has 1 aromatic rings. The second-order valence-electron chi connectivity index (χ2n) is 8.95. The normalized spacial score (nSPS) is 23.1. The van der Waals surface area contributed by atoms with Crippen LogP contribution in [-0.4, -0.2) is 77.6 Å². The number of hydrogen-bond donors (Lipinski definition) is 1. The van der Waals surface area contributed by atoms with Gasteiger partial charge in [0.25, 0.3) is 0 Å². The molecule has 0 unspecified atom stereocenters. The average Bonchev–Trinajstić information content (AvgIpc) is 3.08. The van der Waals surface area contributed by atoms with E-state index in [9.17, 15) is 19.2 Å². The van der Waals surface area contributed by atoms with Crippen LogP contribution in [0.4, 0.5) is 5.69 Å². The number of anilines is 1. The number of piperazine rings is 1. The lowest BCUT2D eigenvalue weighted by Crippen LogP contribution is -2.51. The highest BCUT2D eigenvalue weighted by Gasteiger charge is 2.47. The molecule has 0 radical (unpaired) electrons. The number of imide groups is 1. The number of carbonyl (C=O) groups is 4. The molecule has 4 rings (SSSR count). The molecule has 0 spiro atoms. The number of hydrogen-bond acceptors (Lipinski definition) is 5. The van der Waals surface area contributed by atoms with Crippen LogP contribution >= 0.6 is 0 Å². The van der Waals surface area contributed by atoms with Crippen LogP contribution in [0.5, 0.6) is 0 Å². The Kier molecular flexibility index (Phi) is 7.23.